The maximum Gasteiger partial charge on any atom is 0.273 e. The molecule has 3 N–H and O–H groups in total. The van der Waals surface area contributed by atoms with Gasteiger partial charge in [-0.25, -0.2) is 0 Å². The topological polar surface area (TPSA) is 101 Å². The summed E-state index contributed by atoms with van der Waals surface area (Å²) in [7, 11) is 0. The number of hydrogen-bond acceptors (Lipinski definition) is 5. The molecule has 1 aromatic heterocycles. The first-order chi connectivity index (χ1) is 11.1. The summed E-state index contributed by atoms with van der Waals surface area (Å²) < 4.78 is 5.22. The van der Waals surface area contributed by atoms with Gasteiger partial charge < -0.3 is 20.5 Å². The van der Waals surface area contributed by atoms with Crippen molar-refractivity contribution in [1.29, 1.82) is 0 Å². The molecule has 7 nitrogen and oxygen atoms in total. The van der Waals surface area contributed by atoms with Crippen LogP contribution in [0.5, 0.6) is 0 Å². The van der Waals surface area contributed by atoms with Crippen molar-refractivity contribution in [2.24, 2.45) is 5.73 Å². The van der Waals surface area contributed by atoms with Crippen LogP contribution in [-0.2, 0) is 4.79 Å². The molecule has 2 fully saturated rings. The molecule has 0 bridgehead atoms. The first-order valence-corrected chi connectivity index (χ1v) is 8.35. The third-order valence-electron chi connectivity index (χ3n) is 4.63. The van der Waals surface area contributed by atoms with E-state index in [4.69, 9.17) is 10.3 Å². The van der Waals surface area contributed by atoms with Crippen molar-refractivity contribution in [3.63, 3.8) is 0 Å². The number of nitrogens with zero attached hydrogens (tertiary/aromatic N) is 2. The zero-order chi connectivity index (χ0) is 16.4. The maximum atomic E-state index is 12.3. The van der Waals surface area contributed by atoms with Crippen molar-refractivity contribution < 1.29 is 14.1 Å². The first kappa shape index (κ1) is 16.0. The number of carbonyl (C=O) groups is 2. The van der Waals surface area contributed by atoms with E-state index < -0.39 is 0 Å². The molecular weight excluding hydrogens is 296 g/mol. The van der Waals surface area contributed by atoms with Gasteiger partial charge in [-0.1, -0.05) is 5.16 Å². The number of piperidine rings is 1. The molecule has 3 rings (SSSR count). The minimum atomic E-state index is -0.195. The monoisotopic (exact) mass is 320 g/mol. The molecule has 1 aliphatic carbocycles. The van der Waals surface area contributed by atoms with Crippen LogP contribution in [-0.4, -0.2) is 47.0 Å². The molecule has 2 aliphatic rings. The highest BCUT2D eigenvalue weighted by Gasteiger charge is 2.31. The molecule has 2 amide bonds. The molecule has 2 atom stereocenters. The van der Waals surface area contributed by atoms with Gasteiger partial charge in [0, 0.05) is 43.6 Å². The standard InChI is InChI=1S/C16H24N4O3/c1-10-8-12(5-7-20(10)15(21)4-6-17)18-16(22)13-9-14(23-19-13)11-2-3-11/h9-12H,2-8,17H2,1H3,(H,18,22)/t10-,12+/m0/s1. The van der Waals surface area contributed by atoms with Gasteiger partial charge in [0.15, 0.2) is 5.69 Å². The number of amides is 2. The van der Waals surface area contributed by atoms with Crippen molar-refractivity contribution in [2.45, 2.75) is 57.0 Å². The van der Waals surface area contributed by atoms with Gasteiger partial charge in [0.25, 0.3) is 5.91 Å². The Kier molecular flexibility index (Phi) is 4.66. The molecule has 0 radical (unpaired) electrons. The van der Waals surface area contributed by atoms with Crippen LogP contribution in [0.25, 0.3) is 0 Å². The van der Waals surface area contributed by atoms with Gasteiger partial charge in [-0.3, -0.25) is 9.59 Å². The minimum Gasteiger partial charge on any atom is -0.360 e. The number of likely N-dealkylation sites (tertiary alicyclic amines) is 1. The van der Waals surface area contributed by atoms with Crippen LogP contribution in [0, 0.1) is 0 Å². The normalized spacial score (nSPS) is 24.5. The Morgan fingerprint density at radius 2 is 2.22 bits per heavy atom. The SMILES string of the molecule is C[C@H]1C[C@H](NC(=O)c2cc(C3CC3)on2)CCN1C(=O)CCN. The lowest BCUT2D eigenvalue weighted by molar-refractivity contribution is -0.134. The Balaban J connectivity index is 1.52. The zero-order valence-corrected chi connectivity index (χ0v) is 13.5. The van der Waals surface area contributed by atoms with E-state index in [0.717, 1.165) is 31.4 Å². The predicted molar refractivity (Wildman–Crippen MR) is 83.8 cm³/mol. The maximum absolute atomic E-state index is 12.3. The second-order valence-electron chi connectivity index (χ2n) is 6.56. The van der Waals surface area contributed by atoms with Gasteiger partial charge in [-0.2, -0.15) is 0 Å². The Morgan fingerprint density at radius 1 is 1.43 bits per heavy atom. The summed E-state index contributed by atoms with van der Waals surface area (Å²) in [5.74, 6) is 1.15. The summed E-state index contributed by atoms with van der Waals surface area (Å²) in [5, 5.41) is 6.87. The van der Waals surface area contributed by atoms with Gasteiger partial charge in [-0.05, 0) is 32.6 Å². The fourth-order valence-electron chi connectivity index (χ4n) is 3.16. The molecule has 0 spiro atoms. The summed E-state index contributed by atoms with van der Waals surface area (Å²) in [6, 6.07) is 1.91. The molecule has 2 heterocycles. The Hall–Kier alpha value is -1.89. The molecular formula is C16H24N4O3. The number of aromatic nitrogens is 1. The fraction of sp³-hybridized carbons (Fsp3) is 0.688. The molecule has 7 heteroatoms. The Bertz CT molecular complexity index is 582. The Labute approximate surface area is 135 Å². The summed E-state index contributed by atoms with van der Waals surface area (Å²) in [4.78, 5) is 26.1. The molecule has 0 aromatic carbocycles. The highest BCUT2D eigenvalue weighted by Crippen LogP contribution is 2.40. The van der Waals surface area contributed by atoms with Crippen LogP contribution < -0.4 is 11.1 Å². The van der Waals surface area contributed by atoms with E-state index in [2.05, 4.69) is 10.5 Å². The van der Waals surface area contributed by atoms with E-state index in [9.17, 15) is 9.59 Å². The lowest BCUT2D eigenvalue weighted by atomic mass is 9.97. The largest absolute Gasteiger partial charge is 0.360 e. The molecule has 126 valence electrons. The smallest absolute Gasteiger partial charge is 0.273 e. The molecule has 1 aliphatic heterocycles. The van der Waals surface area contributed by atoms with E-state index in [-0.39, 0.29) is 23.9 Å². The highest BCUT2D eigenvalue weighted by molar-refractivity contribution is 5.92. The third-order valence-corrected chi connectivity index (χ3v) is 4.63. The lowest BCUT2D eigenvalue weighted by Crippen LogP contribution is -2.51. The van der Waals surface area contributed by atoms with Gasteiger partial charge in [0.05, 0.1) is 0 Å². The number of hydrogen-bond donors (Lipinski definition) is 2. The van der Waals surface area contributed by atoms with Gasteiger partial charge >= 0.3 is 0 Å². The number of rotatable bonds is 5. The first-order valence-electron chi connectivity index (χ1n) is 8.35. The molecule has 1 saturated heterocycles. The van der Waals surface area contributed by atoms with E-state index in [1.54, 1.807) is 6.07 Å². The second kappa shape index (κ2) is 6.70. The lowest BCUT2D eigenvalue weighted by Gasteiger charge is -2.38. The molecule has 0 unspecified atom stereocenters. The average Bonchev–Trinajstić information content (AvgIpc) is 3.24. The van der Waals surface area contributed by atoms with Crippen LogP contribution in [0.1, 0.15) is 61.2 Å². The number of carbonyl (C=O) groups excluding carboxylic acids is 2. The minimum absolute atomic E-state index is 0.0560. The Morgan fingerprint density at radius 3 is 2.87 bits per heavy atom. The van der Waals surface area contributed by atoms with Crippen LogP contribution in [0.4, 0.5) is 0 Å². The number of nitrogens with one attached hydrogen (secondary N) is 1. The van der Waals surface area contributed by atoms with Crippen LogP contribution in [0.2, 0.25) is 0 Å². The second-order valence-corrected chi connectivity index (χ2v) is 6.56. The van der Waals surface area contributed by atoms with Crippen molar-refractivity contribution in [1.82, 2.24) is 15.4 Å². The summed E-state index contributed by atoms with van der Waals surface area (Å²) >= 11 is 0. The summed E-state index contributed by atoms with van der Waals surface area (Å²) in [5.41, 5.74) is 5.79. The van der Waals surface area contributed by atoms with E-state index >= 15 is 0 Å². The van der Waals surface area contributed by atoms with Crippen LogP contribution in [0.15, 0.2) is 10.6 Å². The quantitative estimate of drug-likeness (QED) is 0.843. The number of nitrogens with two attached hydrogens (primary N) is 1. The highest BCUT2D eigenvalue weighted by atomic mass is 16.5. The van der Waals surface area contributed by atoms with Crippen molar-refractivity contribution >= 4 is 11.8 Å². The third kappa shape index (κ3) is 3.72. The average molecular weight is 320 g/mol. The van der Waals surface area contributed by atoms with Crippen molar-refractivity contribution in [2.75, 3.05) is 13.1 Å². The van der Waals surface area contributed by atoms with E-state index in [1.807, 2.05) is 11.8 Å². The zero-order valence-electron chi connectivity index (χ0n) is 13.5. The van der Waals surface area contributed by atoms with E-state index in [0.29, 0.717) is 31.1 Å². The van der Waals surface area contributed by atoms with Crippen LogP contribution in [0.3, 0.4) is 0 Å². The summed E-state index contributed by atoms with van der Waals surface area (Å²) in [6.07, 6.45) is 4.10. The molecule has 1 saturated carbocycles. The van der Waals surface area contributed by atoms with Gasteiger partial charge in [-0.15, -0.1) is 0 Å². The van der Waals surface area contributed by atoms with Gasteiger partial charge in [0.2, 0.25) is 5.91 Å². The van der Waals surface area contributed by atoms with E-state index in [1.165, 1.54) is 0 Å². The fourth-order valence-corrected chi connectivity index (χ4v) is 3.16. The molecule has 23 heavy (non-hydrogen) atoms. The van der Waals surface area contributed by atoms with Crippen molar-refractivity contribution in [3.8, 4) is 0 Å². The predicted octanol–water partition coefficient (Wildman–Crippen LogP) is 1.01. The van der Waals surface area contributed by atoms with Crippen LogP contribution >= 0.6 is 0 Å². The van der Waals surface area contributed by atoms with Crippen molar-refractivity contribution in [3.05, 3.63) is 17.5 Å². The molecule has 1 aromatic rings. The van der Waals surface area contributed by atoms with Gasteiger partial charge in [0.1, 0.15) is 5.76 Å². The summed E-state index contributed by atoms with van der Waals surface area (Å²) in [6.45, 7) is 3.03.